The average Bonchev–Trinajstić information content (AvgIpc) is 2.74. The third-order valence-electron chi connectivity index (χ3n) is 4.96. The van der Waals surface area contributed by atoms with Crippen molar-refractivity contribution in [2.75, 3.05) is 20.1 Å². The van der Waals surface area contributed by atoms with E-state index in [2.05, 4.69) is 11.0 Å². The summed E-state index contributed by atoms with van der Waals surface area (Å²) in [5.41, 5.74) is -0.919. The molecule has 20 heavy (non-hydrogen) atoms. The number of carbonyl (C=O) groups excluding carboxylic acids is 2. The molecular formula is C15H19N3O2. The number of carbonyl (C=O) groups is 2. The summed E-state index contributed by atoms with van der Waals surface area (Å²) in [6.07, 6.45) is 6.34. The van der Waals surface area contributed by atoms with Crippen molar-refractivity contribution in [2.24, 2.45) is 11.8 Å². The van der Waals surface area contributed by atoms with Crippen LogP contribution in [0.2, 0.25) is 0 Å². The van der Waals surface area contributed by atoms with E-state index in [4.69, 9.17) is 0 Å². The molecule has 0 N–H and O–H groups in total. The molecule has 1 aliphatic carbocycles. The highest BCUT2D eigenvalue weighted by Gasteiger charge is 2.55. The lowest BCUT2D eigenvalue weighted by molar-refractivity contribution is -0.146. The standard InChI is InChI=1S/C15H19N3O2/c1-17-8-6-15(10-16,7-9-17)18-13(19)11-4-2-3-5-12(11)14(18)20/h2-3,11-12H,4-9H2,1H3/t11-,12+. The number of hydrogen-bond donors (Lipinski definition) is 0. The van der Waals surface area contributed by atoms with Gasteiger partial charge in [-0.3, -0.25) is 14.5 Å². The summed E-state index contributed by atoms with van der Waals surface area (Å²) in [7, 11) is 2.00. The topological polar surface area (TPSA) is 64.4 Å². The Morgan fingerprint density at radius 2 is 1.65 bits per heavy atom. The lowest BCUT2D eigenvalue weighted by atomic mass is 9.85. The van der Waals surface area contributed by atoms with Gasteiger partial charge in [0.1, 0.15) is 5.54 Å². The van der Waals surface area contributed by atoms with Crippen LogP contribution < -0.4 is 0 Å². The van der Waals surface area contributed by atoms with Crippen molar-refractivity contribution in [1.29, 1.82) is 5.26 Å². The van der Waals surface area contributed by atoms with E-state index in [0.717, 1.165) is 13.1 Å². The Morgan fingerprint density at radius 3 is 2.10 bits per heavy atom. The highest BCUT2D eigenvalue weighted by molar-refractivity contribution is 6.06. The molecule has 2 saturated heterocycles. The number of likely N-dealkylation sites (tertiary alicyclic amines) is 2. The third kappa shape index (κ3) is 1.79. The van der Waals surface area contributed by atoms with Gasteiger partial charge >= 0.3 is 0 Å². The fourth-order valence-electron chi connectivity index (χ4n) is 3.60. The number of piperidine rings is 1. The lowest BCUT2D eigenvalue weighted by Crippen LogP contribution is -2.56. The summed E-state index contributed by atoms with van der Waals surface area (Å²) >= 11 is 0. The number of amides is 2. The van der Waals surface area contributed by atoms with Gasteiger partial charge in [-0.1, -0.05) is 12.2 Å². The van der Waals surface area contributed by atoms with E-state index in [1.165, 1.54) is 4.90 Å². The number of nitrogens with zero attached hydrogens (tertiary/aromatic N) is 3. The number of hydrogen-bond acceptors (Lipinski definition) is 4. The number of nitriles is 1. The van der Waals surface area contributed by atoms with Crippen LogP contribution in [0.4, 0.5) is 0 Å². The largest absolute Gasteiger partial charge is 0.306 e. The summed E-state index contributed by atoms with van der Waals surface area (Å²) in [5, 5.41) is 9.63. The van der Waals surface area contributed by atoms with Crippen molar-refractivity contribution in [3.63, 3.8) is 0 Å². The predicted molar refractivity (Wildman–Crippen MR) is 72.3 cm³/mol. The summed E-state index contributed by atoms with van der Waals surface area (Å²) in [5.74, 6) is -0.735. The molecule has 5 heteroatoms. The molecule has 2 atom stereocenters. The zero-order valence-corrected chi connectivity index (χ0v) is 11.7. The zero-order valence-electron chi connectivity index (χ0n) is 11.7. The molecule has 0 spiro atoms. The van der Waals surface area contributed by atoms with Crippen LogP contribution in [-0.2, 0) is 9.59 Å². The lowest BCUT2D eigenvalue weighted by Gasteiger charge is -2.40. The molecule has 0 radical (unpaired) electrons. The van der Waals surface area contributed by atoms with Gasteiger partial charge in [0.05, 0.1) is 17.9 Å². The molecule has 5 nitrogen and oxygen atoms in total. The van der Waals surface area contributed by atoms with Crippen molar-refractivity contribution >= 4 is 11.8 Å². The molecule has 2 fully saturated rings. The van der Waals surface area contributed by atoms with Crippen LogP contribution in [0.1, 0.15) is 25.7 Å². The molecule has 0 aromatic carbocycles. The van der Waals surface area contributed by atoms with Gasteiger partial charge in [-0.2, -0.15) is 5.26 Å². The Labute approximate surface area is 118 Å². The van der Waals surface area contributed by atoms with Gasteiger partial charge < -0.3 is 4.90 Å². The molecule has 0 saturated carbocycles. The Balaban J connectivity index is 1.91. The Morgan fingerprint density at radius 1 is 1.15 bits per heavy atom. The van der Waals surface area contributed by atoms with E-state index in [1.807, 2.05) is 19.2 Å². The Hall–Kier alpha value is -1.67. The summed E-state index contributed by atoms with van der Waals surface area (Å²) in [4.78, 5) is 28.7. The van der Waals surface area contributed by atoms with Gasteiger partial charge in [0, 0.05) is 13.1 Å². The molecule has 2 heterocycles. The molecule has 0 bridgehead atoms. The second-order valence-electron chi connectivity index (χ2n) is 6.11. The number of fused-ring (bicyclic) bond motifs is 1. The fourth-order valence-corrected chi connectivity index (χ4v) is 3.60. The van der Waals surface area contributed by atoms with Crippen molar-refractivity contribution in [1.82, 2.24) is 9.80 Å². The maximum Gasteiger partial charge on any atom is 0.234 e. The van der Waals surface area contributed by atoms with E-state index < -0.39 is 5.54 Å². The minimum atomic E-state index is -0.919. The number of allylic oxidation sites excluding steroid dienone is 2. The van der Waals surface area contributed by atoms with Gasteiger partial charge in [0.2, 0.25) is 11.8 Å². The quantitative estimate of drug-likeness (QED) is 0.526. The van der Waals surface area contributed by atoms with Crippen molar-refractivity contribution in [3.8, 4) is 6.07 Å². The predicted octanol–water partition coefficient (Wildman–Crippen LogP) is 0.926. The van der Waals surface area contributed by atoms with E-state index in [9.17, 15) is 14.9 Å². The van der Waals surface area contributed by atoms with E-state index >= 15 is 0 Å². The van der Waals surface area contributed by atoms with Crippen molar-refractivity contribution in [2.45, 2.75) is 31.2 Å². The molecule has 3 aliphatic rings. The average molecular weight is 273 g/mol. The van der Waals surface area contributed by atoms with Crippen LogP contribution in [0, 0.1) is 23.2 Å². The summed E-state index contributed by atoms with van der Waals surface area (Å²) < 4.78 is 0. The third-order valence-corrected chi connectivity index (χ3v) is 4.96. The fraction of sp³-hybridized carbons (Fsp3) is 0.667. The first kappa shape index (κ1) is 13.3. The molecule has 0 unspecified atom stereocenters. The smallest absolute Gasteiger partial charge is 0.234 e. The first-order valence-electron chi connectivity index (χ1n) is 7.22. The van der Waals surface area contributed by atoms with Gasteiger partial charge in [0.25, 0.3) is 0 Å². The second-order valence-corrected chi connectivity index (χ2v) is 6.11. The molecule has 2 aliphatic heterocycles. The number of imide groups is 1. The molecular weight excluding hydrogens is 254 g/mol. The van der Waals surface area contributed by atoms with E-state index in [0.29, 0.717) is 25.7 Å². The highest BCUT2D eigenvalue weighted by atomic mass is 16.2. The molecule has 0 aromatic rings. The summed E-state index contributed by atoms with van der Waals surface area (Å²) in [6, 6.07) is 2.29. The van der Waals surface area contributed by atoms with Crippen molar-refractivity contribution < 1.29 is 9.59 Å². The Bertz CT molecular complexity index is 486. The summed E-state index contributed by atoms with van der Waals surface area (Å²) in [6.45, 7) is 1.50. The number of rotatable bonds is 1. The van der Waals surface area contributed by atoms with Crippen LogP contribution in [-0.4, -0.2) is 47.3 Å². The van der Waals surface area contributed by atoms with Gasteiger partial charge in [-0.15, -0.1) is 0 Å². The van der Waals surface area contributed by atoms with Crippen LogP contribution in [0.5, 0.6) is 0 Å². The SMILES string of the molecule is CN1CCC(C#N)(N2C(=O)[C@H]3CC=CC[C@H]3C2=O)CC1. The highest BCUT2D eigenvalue weighted by Crippen LogP contribution is 2.41. The monoisotopic (exact) mass is 273 g/mol. The molecule has 106 valence electrons. The first-order valence-corrected chi connectivity index (χ1v) is 7.22. The Kier molecular flexibility index (Phi) is 3.14. The van der Waals surface area contributed by atoms with Crippen LogP contribution in [0.25, 0.3) is 0 Å². The minimum Gasteiger partial charge on any atom is -0.306 e. The van der Waals surface area contributed by atoms with Crippen LogP contribution in [0.3, 0.4) is 0 Å². The van der Waals surface area contributed by atoms with Crippen molar-refractivity contribution in [3.05, 3.63) is 12.2 Å². The zero-order chi connectivity index (χ0) is 14.3. The van der Waals surface area contributed by atoms with E-state index in [1.54, 1.807) is 0 Å². The normalized spacial score (nSPS) is 33.1. The maximum absolute atomic E-state index is 12.6. The first-order chi connectivity index (χ1) is 9.59. The van der Waals surface area contributed by atoms with E-state index in [-0.39, 0.29) is 23.7 Å². The molecule has 0 aromatic heterocycles. The van der Waals surface area contributed by atoms with Crippen LogP contribution in [0.15, 0.2) is 12.2 Å². The molecule has 3 rings (SSSR count). The second kappa shape index (κ2) is 4.71. The maximum atomic E-state index is 12.6. The van der Waals surface area contributed by atoms with Crippen LogP contribution >= 0.6 is 0 Å². The van der Waals surface area contributed by atoms with Gasteiger partial charge in [-0.25, -0.2) is 0 Å². The van der Waals surface area contributed by atoms with Gasteiger partial charge in [-0.05, 0) is 32.7 Å². The molecule has 2 amide bonds. The minimum absolute atomic E-state index is 0.129. The van der Waals surface area contributed by atoms with Gasteiger partial charge in [0.15, 0.2) is 0 Å².